The van der Waals surface area contributed by atoms with Gasteiger partial charge in [0.05, 0.1) is 31.4 Å². The molecule has 1 aliphatic heterocycles. The maximum atomic E-state index is 15.1. The van der Waals surface area contributed by atoms with Gasteiger partial charge in [0.25, 0.3) is 5.91 Å². The Kier molecular flexibility index (Phi) is 6.45. The molecule has 3 aromatic rings. The number of benzene rings is 3. The van der Waals surface area contributed by atoms with Crippen LogP contribution in [0.15, 0.2) is 54.6 Å². The van der Waals surface area contributed by atoms with Crippen molar-refractivity contribution in [2.75, 3.05) is 20.8 Å². The van der Waals surface area contributed by atoms with Gasteiger partial charge in [-0.3, -0.25) is 4.79 Å². The molecule has 178 valence electrons. The van der Waals surface area contributed by atoms with E-state index in [2.05, 4.69) is 0 Å². The summed E-state index contributed by atoms with van der Waals surface area (Å²) in [6, 6.07) is 10.9. The van der Waals surface area contributed by atoms with Gasteiger partial charge in [0.2, 0.25) is 0 Å². The van der Waals surface area contributed by atoms with Gasteiger partial charge in [0, 0.05) is 17.1 Å². The Labute approximate surface area is 198 Å². The molecule has 0 aromatic heterocycles. The van der Waals surface area contributed by atoms with Crippen LogP contribution in [0.5, 0.6) is 11.5 Å². The summed E-state index contributed by atoms with van der Waals surface area (Å²) in [7, 11) is 2.91. The summed E-state index contributed by atoms with van der Waals surface area (Å²) in [6.07, 6.45) is -4.42. The molecule has 4 rings (SSSR count). The lowest BCUT2D eigenvalue weighted by Gasteiger charge is -2.39. The third-order valence-corrected chi connectivity index (χ3v) is 6.20. The van der Waals surface area contributed by atoms with Crippen LogP contribution in [0.3, 0.4) is 0 Å². The first kappa shape index (κ1) is 23.9. The number of carbonyl (C=O) groups is 1. The Morgan fingerprint density at radius 2 is 1.71 bits per heavy atom. The van der Waals surface area contributed by atoms with E-state index >= 15 is 4.39 Å². The fourth-order valence-corrected chi connectivity index (χ4v) is 4.59. The van der Waals surface area contributed by atoms with E-state index in [0.717, 1.165) is 17.7 Å². The Bertz CT molecular complexity index is 1230. The van der Waals surface area contributed by atoms with Crippen LogP contribution in [-0.2, 0) is 12.6 Å². The molecule has 0 bridgehead atoms. The second-order valence-corrected chi connectivity index (χ2v) is 8.14. The van der Waals surface area contributed by atoms with Crippen LogP contribution in [0.4, 0.5) is 17.6 Å². The standard InChI is InChI=1S/C25H20ClF4NO3/c1-33-20-12-14-10-11-31(24(32)15-6-3-4-7-17(15)25(28,29)30)23(16(14)13-21(20)34-2)22-18(26)8-5-9-19(22)27/h3-9,12-13,23H,10-11H2,1-2H3/t23-/m1/s1. The molecule has 0 N–H and O–H groups in total. The topological polar surface area (TPSA) is 38.8 Å². The number of ether oxygens (including phenoxy) is 2. The quantitative estimate of drug-likeness (QED) is 0.400. The van der Waals surface area contributed by atoms with E-state index in [4.69, 9.17) is 21.1 Å². The van der Waals surface area contributed by atoms with Crippen molar-refractivity contribution in [1.29, 1.82) is 0 Å². The minimum atomic E-state index is -4.73. The van der Waals surface area contributed by atoms with Gasteiger partial charge in [-0.2, -0.15) is 13.2 Å². The van der Waals surface area contributed by atoms with E-state index in [1.807, 2.05) is 0 Å². The van der Waals surface area contributed by atoms with Crippen LogP contribution in [0.1, 0.15) is 38.7 Å². The first-order chi connectivity index (χ1) is 16.2. The van der Waals surface area contributed by atoms with Crippen LogP contribution in [0.25, 0.3) is 0 Å². The molecule has 0 unspecified atom stereocenters. The highest BCUT2D eigenvalue weighted by Crippen LogP contribution is 2.44. The van der Waals surface area contributed by atoms with Crippen LogP contribution >= 0.6 is 11.6 Å². The Hall–Kier alpha value is -3.26. The van der Waals surface area contributed by atoms with Crippen molar-refractivity contribution in [2.45, 2.75) is 18.6 Å². The van der Waals surface area contributed by atoms with Crippen molar-refractivity contribution >= 4 is 17.5 Å². The summed E-state index contributed by atoms with van der Waals surface area (Å²) >= 11 is 6.37. The smallest absolute Gasteiger partial charge is 0.417 e. The predicted octanol–water partition coefficient (Wildman–Crippen LogP) is 6.30. The molecule has 34 heavy (non-hydrogen) atoms. The van der Waals surface area contributed by atoms with Crippen molar-refractivity contribution in [2.24, 2.45) is 0 Å². The average Bonchev–Trinajstić information content (AvgIpc) is 2.82. The summed E-state index contributed by atoms with van der Waals surface area (Å²) in [5.41, 5.74) is -0.341. The zero-order valence-electron chi connectivity index (χ0n) is 18.2. The number of fused-ring (bicyclic) bond motifs is 1. The number of carbonyl (C=O) groups excluding carboxylic acids is 1. The molecule has 0 spiro atoms. The van der Waals surface area contributed by atoms with E-state index in [0.29, 0.717) is 23.5 Å². The molecular weight excluding hydrogens is 474 g/mol. The Balaban J connectivity index is 1.93. The molecule has 0 fully saturated rings. The fraction of sp³-hybridized carbons (Fsp3) is 0.240. The Morgan fingerprint density at radius 3 is 2.35 bits per heavy atom. The Morgan fingerprint density at radius 1 is 1.03 bits per heavy atom. The third-order valence-electron chi connectivity index (χ3n) is 5.87. The van der Waals surface area contributed by atoms with Gasteiger partial charge in [0.15, 0.2) is 11.5 Å². The maximum Gasteiger partial charge on any atom is 0.417 e. The monoisotopic (exact) mass is 493 g/mol. The average molecular weight is 494 g/mol. The highest BCUT2D eigenvalue weighted by molar-refractivity contribution is 6.31. The molecule has 0 aliphatic carbocycles. The van der Waals surface area contributed by atoms with Gasteiger partial charge >= 0.3 is 6.18 Å². The minimum absolute atomic E-state index is 0.00447. The summed E-state index contributed by atoms with van der Waals surface area (Å²) in [4.78, 5) is 14.8. The molecule has 0 radical (unpaired) electrons. The summed E-state index contributed by atoms with van der Waals surface area (Å²) < 4.78 is 66.8. The largest absolute Gasteiger partial charge is 0.493 e. The van der Waals surface area contributed by atoms with Crippen LogP contribution in [0.2, 0.25) is 5.02 Å². The van der Waals surface area contributed by atoms with Crippen molar-refractivity contribution in [3.63, 3.8) is 0 Å². The highest BCUT2D eigenvalue weighted by atomic mass is 35.5. The molecule has 9 heteroatoms. The van der Waals surface area contributed by atoms with E-state index < -0.39 is 35.1 Å². The summed E-state index contributed by atoms with van der Waals surface area (Å²) in [5.74, 6) is -0.773. The number of nitrogens with zero attached hydrogens (tertiary/aromatic N) is 1. The number of halogens is 5. The zero-order valence-corrected chi connectivity index (χ0v) is 19.0. The second-order valence-electron chi connectivity index (χ2n) is 7.74. The molecule has 4 nitrogen and oxygen atoms in total. The molecule has 0 saturated heterocycles. The first-order valence-corrected chi connectivity index (χ1v) is 10.7. The normalized spacial score (nSPS) is 15.6. The molecule has 1 aliphatic rings. The third kappa shape index (κ3) is 4.18. The predicted molar refractivity (Wildman–Crippen MR) is 119 cm³/mol. The van der Waals surface area contributed by atoms with Gasteiger partial charge in [-0.05, 0) is 53.9 Å². The number of alkyl halides is 3. The lowest BCUT2D eigenvalue weighted by Crippen LogP contribution is -2.41. The number of methoxy groups -OCH3 is 2. The summed E-state index contributed by atoms with van der Waals surface area (Å²) in [6.45, 7) is 0.0445. The number of amides is 1. The number of rotatable bonds is 4. The van der Waals surface area contributed by atoms with Gasteiger partial charge in [-0.15, -0.1) is 0 Å². The molecule has 1 atom stereocenters. The van der Waals surface area contributed by atoms with Gasteiger partial charge in [0.1, 0.15) is 5.82 Å². The number of hydrogen-bond acceptors (Lipinski definition) is 3. The maximum absolute atomic E-state index is 15.1. The van der Waals surface area contributed by atoms with Crippen LogP contribution in [-0.4, -0.2) is 31.6 Å². The second kappa shape index (κ2) is 9.18. The highest BCUT2D eigenvalue weighted by Gasteiger charge is 2.40. The minimum Gasteiger partial charge on any atom is -0.493 e. The molecular formula is C25H20ClF4NO3. The lowest BCUT2D eigenvalue weighted by molar-refractivity contribution is -0.138. The molecule has 1 amide bonds. The van der Waals surface area contributed by atoms with Crippen LogP contribution < -0.4 is 9.47 Å². The summed E-state index contributed by atoms with van der Waals surface area (Å²) in [5, 5.41) is 0.0505. The zero-order chi connectivity index (χ0) is 24.6. The van der Waals surface area contributed by atoms with E-state index in [1.165, 1.54) is 49.5 Å². The van der Waals surface area contributed by atoms with Crippen molar-refractivity contribution < 1.29 is 31.8 Å². The van der Waals surface area contributed by atoms with E-state index in [1.54, 1.807) is 12.1 Å². The lowest BCUT2D eigenvalue weighted by atomic mass is 9.86. The van der Waals surface area contributed by atoms with Gasteiger partial charge in [-0.1, -0.05) is 29.8 Å². The SMILES string of the molecule is COc1cc2c(cc1OC)[C@H](c1c(F)cccc1Cl)N(C(=O)c1ccccc1C(F)(F)F)CC2. The van der Waals surface area contributed by atoms with Gasteiger partial charge in [-0.25, -0.2) is 4.39 Å². The number of hydrogen-bond donors (Lipinski definition) is 0. The fourth-order valence-electron chi connectivity index (χ4n) is 4.32. The van der Waals surface area contributed by atoms with Crippen molar-refractivity contribution in [3.8, 4) is 11.5 Å². The molecule has 3 aromatic carbocycles. The van der Waals surface area contributed by atoms with E-state index in [-0.39, 0.29) is 17.1 Å². The van der Waals surface area contributed by atoms with Crippen molar-refractivity contribution in [3.05, 3.63) is 93.3 Å². The van der Waals surface area contributed by atoms with Gasteiger partial charge < -0.3 is 14.4 Å². The first-order valence-electron chi connectivity index (χ1n) is 10.3. The van der Waals surface area contributed by atoms with E-state index in [9.17, 15) is 18.0 Å². The van der Waals surface area contributed by atoms with Crippen molar-refractivity contribution in [1.82, 2.24) is 4.90 Å². The molecule has 0 saturated carbocycles. The molecule has 1 heterocycles. The van der Waals surface area contributed by atoms with Crippen LogP contribution in [0, 0.1) is 5.82 Å².